The highest BCUT2D eigenvalue weighted by atomic mass is 35.5. The van der Waals surface area contributed by atoms with E-state index < -0.39 is 0 Å². The number of hydrogen-bond donors (Lipinski definition) is 1. The number of rotatable bonds is 4. The molecule has 4 rings (SSSR count). The quantitative estimate of drug-likeness (QED) is 0.797. The molecule has 0 unspecified atom stereocenters. The molecule has 1 saturated carbocycles. The number of halogens is 1. The zero-order chi connectivity index (χ0) is 14.2. The number of ether oxygens (including phenoxy) is 1. The summed E-state index contributed by atoms with van der Waals surface area (Å²) in [7, 11) is 0. The monoisotopic (exact) mass is 300 g/mol. The van der Waals surface area contributed by atoms with Gasteiger partial charge in [0, 0.05) is 23.2 Å². The molecule has 0 aliphatic heterocycles. The van der Waals surface area contributed by atoms with Gasteiger partial charge in [0.15, 0.2) is 5.65 Å². The topological polar surface area (TPSA) is 51.5 Å². The van der Waals surface area contributed by atoms with Gasteiger partial charge in [-0.2, -0.15) is 14.6 Å². The van der Waals surface area contributed by atoms with Crippen LogP contribution in [0.3, 0.4) is 0 Å². The van der Waals surface area contributed by atoms with E-state index in [2.05, 4.69) is 15.4 Å². The van der Waals surface area contributed by atoms with Crippen LogP contribution in [0.2, 0.25) is 5.02 Å². The van der Waals surface area contributed by atoms with Crippen LogP contribution in [0.4, 0.5) is 5.82 Å². The molecule has 1 aliphatic rings. The standard InChI is InChI=1S/C15H13ClN4O/c16-10-2-1-3-12(8-10)21-15-9-14(18-11-4-5-11)20-13(19-15)6-7-17-20/h1-3,6-9,11,18H,4-5H2. The average Bonchev–Trinajstić information content (AvgIpc) is 3.13. The molecule has 0 spiro atoms. The van der Waals surface area contributed by atoms with Gasteiger partial charge in [-0.3, -0.25) is 0 Å². The number of nitrogens with zero attached hydrogens (tertiary/aromatic N) is 3. The summed E-state index contributed by atoms with van der Waals surface area (Å²) in [5.74, 6) is 2.08. The zero-order valence-corrected chi connectivity index (χ0v) is 11.9. The van der Waals surface area contributed by atoms with E-state index in [0.717, 1.165) is 11.5 Å². The molecule has 1 N–H and O–H groups in total. The van der Waals surface area contributed by atoms with Crippen molar-refractivity contribution in [2.24, 2.45) is 0 Å². The lowest BCUT2D eigenvalue weighted by atomic mass is 10.3. The SMILES string of the molecule is Clc1cccc(Oc2cc(NC3CC3)n3nccc3n2)c1. The van der Waals surface area contributed by atoms with Gasteiger partial charge in [-0.15, -0.1) is 0 Å². The number of aromatic nitrogens is 3. The molecule has 2 aromatic heterocycles. The Balaban J connectivity index is 1.70. The van der Waals surface area contributed by atoms with E-state index in [1.54, 1.807) is 16.8 Å². The van der Waals surface area contributed by atoms with Crippen molar-refractivity contribution in [1.82, 2.24) is 14.6 Å². The molecule has 0 amide bonds. The number of benzene rings is 1. The van der Waals surface area contributed by atoms with Crippen molar-refractivity contribution in [2.45, 2.75) is 18.9 Å². The fourth-order valence-electron chi connectivity index (χ4n) is 2.13. The second-order valence-electron chi connectivity index (χ2n) is 5.06. The van der Waals surface area contributed by atoms with E-state index in [1.807, 2.05) is 30.3 Å². The van der Waals surface area contributed by atoms with Crippen molar-refractivity contribution < 1.29 is 4.74 Å². The van der Waals surface area contributed by atoms with Crippen molar-refractivity contribution in [2.75, 3.05) is 5.32 Å². The highest BCUT2D eigenvalue weighted by Crippen LogP contribution is 2.29. The van der Waals surface area contributed by atoms with Gasteiger partial charge >= 0.3 is 0 Å². The first-order valence-electron chi connectivity index (χ1n) is 6.83. The van der Waals surface area contributed by atoms with Gasteiger partial charge in [0.1, 0.15) is 11.6 Å². The minimum atomic E-state index is 0.522. The fraction of sp³-hybridized carbons (Fsp3) is 0.200. The Bertz CT molecular complexity index is 797. The molecule has 6 heteroatoms. The van der Waals surface area contributed by atoms with Gasteiger partial charge in [0.2, 0.25) is 5.88 Å². The van der Waals surface area contributed by atoms with Crippen molar-refractivity contribution in [3.05, 3.63) is 47.6 Å². The van der Waals surface area contributed by atoms with Gasteiger partial charge in [-0.05, 0) is 31.0 Å². The highest BCUT2D eigenvalue weighted by Gasteiger charge is 2.22. The second-order valence-corrected chi connectivity index (χ2v) is 5.50. The molecule has 0 radical (unpaired) electrons. The Labute approximate surface area is 126 Å². The summed E-state index contributed by atoms with van der Waals surface area (Å²) in [6.07, 6.45) is 4.11. The first kappa shape index (κ1) is 12.5. The van der Waals surface area contributed by atoms with Crippen LogP contribution in [-0.2, 0) is 0 Å². The maximum atomic E-state index is 5.97. The van der Waals surface area contributed by atoms with Gasteiger partial charge in [-0.25, -0.2) is 0 Å². The minimum Gasteiger partial charge on any atom is -0.439 e. The summed E-state index contributed by atoms with van der Waals surface area (Å²) in [5.41, 5.74) is 0.748. The van der Waals surface area contributed by atoms with Gasteiger partial charge in [0.25, 0.3) is 0 Å². The van der Waals surface area contributed by atoms with E-state index in [-0.39, 0.29) is 0 Å². The lowest BCUT2D eigenvalue weighted by molar-refractivity contribution is 0.463. The lowest BCUT2D eigenvalue weighted by Crippen LogP contribution is -2.08. The molecule has 0 atom stereocenters. The normalized spacial score (nSPS) is 14.3. The van der Waals surface area contributed by atoms with Crippen molar-refractivity contribution in [3.8, 4) is 11.6 Å². The third-order valence-corrected chi connectivity index (χ3v) is 3.52. The predicted octanol–water partition coefficient (Wildman–Crippen LogP) is 3.75. The zero-order valence-electron chi connectivity index (χ0n) is 11.2. The second kappa shape index (κ2) is 4.93. The van der Waals surface area contributed by atoms with E-state index in [4.69, 9.17) is 16.3 Å². The molecule has 0 saturated heterocycles. The number of hydrogen-bond acceptors (Lipinski definition) is 4. The van der Waals surface area contributed by atoms with Gasteiger partial charge < -0.3 is 10.1 Å². The first-order chi connectivity index (χ1) is 10.3. The number of anilines is 1. The molecule has 1 aliphatic carbocycles. The van der Waals surface area contributed by atoms with Crippen LogP contribution in [0, 0.1) is 0 Å². The Morgan fingerprint density at radius 1 is 1.24 bits per heavy atom. The predicted molar refractivity (Wildman–Crippen MR) is 81.2 cm³/mol. The number of fused-ring (bicyclic) bond motifs is 1. The summed E-state index contributed by atoms with van der Waals surface area (Å²) >= 11 is 5.97. The summed E-state index contributed by atoms with van der Waals surface area (Å²) in [4.78, 5) is 4.44. The Morgan fingerprint density at radius 2 is 2.14 bits per heavy atom. The third kappa shape index (κ3) is 2.64. The Hall–Kier alpha value is -2.27. The minimum absolute atomic E-state index is 0.522. The van der Waals surface area contributed by atoms with Crippen LogP contribution in [0.5, 0.6) is 11.6 Å². The third-order valence-electron chi connectivity index (χ3n) is 3.28. The van der Waals surface area contributed by atoms with E-state index >= 15 is 0 Å². The summed E-state index contributed by atoms with van der Waals surface area (Å²) in [6, 6.07) is 11.5. The van der Waals surface area contributed by atoms with Crippen LogP contribution >= 0.6 is 11.6 Å². The fourth-order valence-corrected chi connectivity index (χ4v) is 2.31. The molecule has 106 valence electrons. The summed E-state index contributed by atoms with van der Waals surface area (Å²) in [6.45, 7) is 0. The molecule has 3 aromatic rings. The largest absolute Gasteiger partial charge is 0.439 e. The van der Waals surface area contributed by atoms with Gasteiger partial charge in [-0.1, -0.05) is 17.7 Å². The van der Waals surface area contributed by atoms with Crippen molar-refractivity contribution in [1.29, 1.82) is 0 Å². The van der Waals surface area contributed by atoms with E-state index in [0.29, 0.717) is 22.7 Å². The van der Waals surface area contributed by atoms with Crippen molar-refractivity contribution in [3.63, 3.8) is 0 Å². The van der Waals surface area contributed by atoms with Crippen LogP contribution in [0.25, 0.3) is 5.65 Å². The molecular formula is C15H13ClN4O. The molecule has 21 heavy (non-hydrogen) atoms. The van der Waals surface area contributed by atoms with Gasteiger partial charge in [0.05, 0.1) is 6.20 Å². The van der Waals surface area contributed by atoms with Crippen LogP contribution in [0.15, 0.2) is 42.6 Å². The van der Waals surface area contributed by atoms with Crippen molar-refractivity contribution >= 4 is 23.1 Å². The Kier molecular flexibility index (Phi) is 2.93. The smallest absolute Gasteiger partial charge is 0.224 e. The molecule has 0 bridgehead atoms. The molecule has 2 heterocycles. The lowest BCUT2D eigenvalue weighted by Gasteiger charge is -2.10. The maximum Gasteiger partial charge on any atom is 0.224 e. The van der Waals surface area contributed by atoms with Crippen LogP contribution in [0.1, 0.15) is 12.8 Å². The van der Waals surface area contributed by atoms with E-state index in [9.17, 15) is 0 Å². The molecular weight excluding hydrogens is 288 g/mol. The van der Waals surface area contributed by atoms with Crippen LogP contribution < -0.4 is 10.1 Å². The average molecular weight is 301 g/mol. The summed E-state index contributed by atoms with van der Waals surface area (Å²) < 4.78 is 7.58. The van der Waals surface area contributed by atoms with Crippen LogP contribution in [-0.4, -0.2) is 20.6 Å². The molecule has 5 nitrogen and oxygen atoms in total. The molecule has 1 aromatic carbocycles. The maximum absolute atomic E-state index is 5.97. The molecule has 1 fully saturated rings. The summed E-state index contributed by atoms with van der Waals surface area (Å²) in [5, 5.41) is 8.35. The van der Waals surface area contributed by atoms with E-state index in [1.165, 1.54) is 12.8 Å². The number of nitrogens with one attached hydrogen (secondary N) is 1. The Morgan fingerprint density at radius 3 is 2.95 bits per heavy atom. The first-order valence-corrected chi connectivity index (χ1v) is 7.20. The highest BCUT2D eigenvalue weighted by molar-refractivity contribution is 6.30.